The largest absolute Gasteiger partial charge is 0.394 e. The minimum atomic E-state index is -2.47. The molecule has 1 aliphatic rings. The molecule has 4 nitrogen and oxygen atoms in total. The Morgan fingerprint density at radius 3 is 2.64 bits per heavy atom. The summed E-state index contributed by atoms with van der Waals surface area (Å²) in [6.45, 7) is 2.61. The van der Waals surface area contributed by atoms with Crippen molar-refractivity contribution < 1.29 is 24.4 Å². The number of alkyl halides is 1. The lowest BCUT2D eigenvalue weighted by atomic mass is 9.78. The van der Waals surface area contributed by atoms with Gasteiger partial charge in [-0.15, -0.1) is 5.73 Å². The molecule has 2 unspecified atom stereocenters. The van der Waals surface area contributed by atoms with Crippen molar-refractivity contribution in [1.82, 2.24) is 0 Å². The van der Waals surface area contributed by atoms with Gasteiger partial charge in [0.25, 0.3) is 0 Å². The molecule has 14 heavy (non-hydrogen) atoms. The van der Waals surface area contributed by atoms with Crippen LogP contribution in [0.3, 0.4) is 0 Å². The van der Waals surface area contributed by atoms with E-state index in [4.69, 9.17) is 5.11 Å². The first kappa shape index (κ1) is 11.4. The number of rotatable bonds is 2. The number of hydrogen-bond acceptors (Lipinski definition) is 4. The third-order valence-corrected chi connectivity index (χ3v) is 2.39. The van der Waals surface area contributed by atoms with Crippen molar-refractivity contribution in [2.45, 2.75) is 23.6 Å². The molecule has 1 fully saturated rings. The van der Waals surface area contributed by atoms with E-state index in [1.54, 1.807) is 0 Å². The van der Waals surface area contributed by atoms with Crippen LogP contribution in [0.5, 0.6) is 0 Å². The number of hydrogen-bond donors (Lipinski definition) is 3. The van der Waals surface area contributed by atoms with E-state index >= 15 is 0 Å². The zero-order chi connectivity index (χ0) is 11.0. The summed E-state index contributed by atoms with van der Waals surface area (Å²) in [5.74, 6) is -2.47. The van der Waals surface area contributed by atoms with Crippen molar-refractivity contribution in [3.63, 3.8) is 0 Å². The normalized spacial score (nSPS) is 47.4. The van der Waals surface area contributed by atoms with Gasteiger partial charge in [0.15, 0.2) is 13.4 Å². The van der Waals surface area contributed by atoms with E-state index in [0.717, 1.165) is 13.9 Å². The third kappa shape index (κ3) is 1.41. The molecule has 0 aromatic rings. The molecule has 1 heterocycles. The summed E-state index contributed by atoms with van der Waals surface area (Å²) in [5, 5.41) is 28.0. The van der Waals surface area contributed by atoms with Crippen molar-refractivity contribution in [1.29, 1.82) is 0 Å². The summed E-state index contributed by atoms with van der Waals surface area (Å²) in [6.07, 6.45) is -1.80. The van der Waals surface area contributed by atoms with Crippen LogP contribution in [0.25, 0.3) is 0 Å². The first-order valence-electron chi connectivity index (χ1n) is 4.14. The van der Waals surface area contributed by atoms with Crippen LogP contribution in [0.2, 0.25) is 0 Å². The number of aliphatic hydroxyl groups excluding tert-OH is 2. The van der Waals surface area contributed by atoms with Gasteiger partial charge in [0.2, 0.25) is 5.75 Å². The van der Waals surface area contributed by atoms with Gasteiger partial charge in [0.05, 0.1) is 6.61 Å². The monoisotopic (exact) mass is 202 g/mol. The molecule has 0 bridgehead atoms. The van der Waals surface area contributed by atoms with E-state index in [2.05, 4.69) is 17.0 Å². The molecule has 0 radical (unpaired) electrons. The van der Waals surface area contributed by atoms with Crippen LogP contribution < -0.4 is 0 Å². The number of ether oxygens (including phenoxy) is 1. The van der Waals surface area contributed by atoms with Crippen molar-refractivity contribution >= 4 is 7.85 Å². The Morgan fingerprint density at radius 2 is 2.29 bits per heavy atom. The smallest absolute Gasteiger partial charge is 0.202 e. The fourth-order valence-corrected chi connectivity index (χ4v) is 1.50. The fourth-order valence-electron chi connectivity index (χ4n) is 1.50. The molecular formula is C8H12BFO4. The molecule has 0 spiro atoms. The average molecular weight is 202 g/mol. The minimum Gasteiger partial charge on any atom is -0.394 e. The Balaban J connectivity index is 3.09. The molecule has 78 valence electrons. The molecule has 0 aromatic heterocycles. The molecule has 6 heteroatoms. The van der Waals surface area contributed by atoms with Gasteiger partial charge in [-0.2, -0.15) is 0 Å². The molecule has 4 atom stereocenters. The van der Waals surface area contributed by atoms with Crippen molar-refractivity contribution in [2.75, 3.05) is 6.61 Å². The molecule has 0 aliphatic carbocycles. The highest BCUT2D eigenvalue weighted by atomic mass is 19.2. The van der Waals surface area contributed by atoms with Gasteiger partial charge in [-0.3, -0.25) is 0 Å². The molecule has 3 N–H and O–H groups in total. The van der Waals surface area contributed by atoms with E-state index in [0.29, 0.717) is 0 Å². The lowest BCUT2D eigenvalue weighted by Gasteiger charge is -2.29. The topological polar surface area (TPSA) is 69.9 Å². The predicted octanol–water partition coefficient (Wildman–Crippen LogP) is -1.93. The van der Waals surface area contributed by atoms with Gasteiger partial charge in [0.1, 0.15) is 12.2 Å². The molecule has 0 saturated carbocycles. The molecule has 0 aromatic carbocycles. The number of halogens is 1. The van der Waals surface area contributed by atoms with Gasteiger partial charge >= 0.3 is 0 Å². The number of aliphatic hydroxyl groups is 3. The van der Waals surface area contributed by atoms with E-state index in [1.165, 1.54) is 0 Å². The zero-order valence-corrected chi connectivity index (χ0v) is 7.77. The Labute approximate surface area is 81.7 Å². The van der Waals surface area contributed by atoms with Crippen LogP contribution in [0.4, 0.5) is 4.39 Å². The summed E-state index contributed by atoms with van der Waals surface area (Å²) < 4.78 is 18.4. The van der Waals surface area contributed by atoms with Gasteiger partial charge < -0.3 is 20.1 Å². The average Bonchev–Trinajstić information content (AvgIpc) is 2.27. The Hall–Kier alpha value is -0.645. The first-order valence-corrected chi connectivity index (χ1v) is 4.14. The van der Waals surface area contributed by atoms with Crippen LogP contribution in [0.1, 0.15) is 0 Å². The fraction of sp³-hybridized carbons (Fsp3) is 0.625. The van der Waals surface area contributed by atoms with E-state index < -0.39 is 30.2 Å². The Kier molecular flexibility index (Phi) is 2.85. The zero-order valence-electron chi connectivity index (χ0n) is 7.77. The second-order valence-corrected chi connectivity index (χ2v) is 3.37. The summed E-state index contributed by atoms with van der Waals surface area (Å²) in [6, 6.07) is 0. The second-order valence-electron chi connectivity index (χ2n) is 3.37. The maximum Gasteiger partial charge on any atom is 0.202 e. The predicted molar refractivity (Wildman–Crippen MR) is 49.0 cm³/mol. The first-order chi connectivity index (χ1) is 6.39. The van der Waals surface area contributed by atoms with Gasteiger partial charge in [-0.1, -0.05) is 6.58 Å². The van der Waals surface area contributed by atoms with Gasteiger partial charge in [0, 0.05) is 0 Å². The van der Waals surface area contributed by atoms with Crippen LogP contribution >= 0.6 is 0 Å². The Bertz CT molecular complexity index is 277. The van der Waals surface area contributed by atoms with Crippen LogP contribution in [0.15, 0.2) is 18.4 Å². The summed E-state index contributed by atoms with van der Waals surface area (Å²) in [4.78, 5) is 0. The third-order valence-electron chi connectivity index (χ3n) is 2.39. The maximum atomic E-state index is 13.7. The highest BCUT2D eigenvalue weighted by Crippen LogP contribution is 2.39. The van der Waals surface area contributed by atoms with Crippen molar-refractivity contribution in [3.8, 4) is 0 Å². The van der Waals surface area contributed by atoms with Crippen LogP contribution in [0, 0.1) is 0 Å². The van der Waals surface area contributed by atoms with E-state index in [9.17, 15) is 14.6 Å². The highest BCUT2D eigenvalue weighted by Gasteiger charge is 2.61. The lowest BCUT2D eigenvalue weighted by molar-refractivity contribution is -0.144. The highest BCUT2D eigenvalue weighted by molar-refractivity contribution is 6.14. The van der Waals surface area contributed by atoms with Crippen molar-refractivity contribution in [2.24, 2.45) is 0 Å². The quantitative estimate of drug-likeness (QED) is 0.360. The standard InChI is InChI=1S/C8H12BFO4/c1-2-3-7(13)6(12)5(4-11)14-8(7,9)10/h3,5-6,11-13H,1,4,9H2/t5-,6?,7?,8-/m1/s1. The molecule has 1 rings (SSSR count). The lowest BCUT2D eigenvalue weighted by Crippen LogP contribution is -2.53. The van der Waals surface area contributed by atoms with Gasteiger partial charge in [-0.05, 0) is 6.08 Å². The second kappa shape index (κ2) is 3.49. The van der Waals surface area contributed by atoms with Crippen LogP contribution in [-0.4, -0.2) is 53.3 Å². The molecule has 1 saturated heterocycles. The molecule has 1 aliphatic heterocycles. The summed E-state index contributed by atoms with van der Waals surface area (Å²) in [7, 11) is 0.972. The minimum absolute atomic E-state index is 0.575. The van der Waals surface area contributed by atoms with Gasteiger partial charge in [-0.25, -0.2) is 4.39 Å². The molecular weight excluding hydrogens is 190 g/mol. The Morgan fingerprint density at radius 1 is 1.71 bits per heavy atom. The molecule has 0 amide bonds. The summed E-state index contributed by atoms with van der Waals surface area (Å²) >= 11 is 0. The summed E-state index contributed by atoms with van der Waals surface area (Å²) in [5.41, 5.74) is -0.0259. The van der Waals surface area contributed by atoms with E-state index in [-0.39, 0.29) is 0 Å². The van der Waals surface area contributed by atoms with Crippen molar-refractivity contribution in [3.05, 3.63) is 18.4 Å². The maximum absolute atomic E-state index is 13.7. The van der Waals surface area contributed by atoms with Crippen LogP contribution in [-0.2, 0) is 4.74 Å². The SMILES string of the molecule is B[C@]1(F)O[C@H](CO)C(O)C1(O)C=C=C. The van der Waals surface area contributed by atoms with E-state index in [1.807, 2.05) is 0 Å².